The van der Waals surface area contributed by atoms with Crippen LogP contribution in [0.25, 0.3) is 0 Å². The molecule has 0 aromatic heterocycles. The van der Waals surface area contributed by atoms with Gasteiger partial charge in [-0.3, -0.25) is 0 Å². The Morgan fingerprint density at radius 2 is 1.70 bits per heavy atom. The van der Waals surface area contributed by atoms with E-state index in [0.717, 1.165) is 12.0 Å². The van der Waals surface area contributed by atoms with Crippen molar-refractivity contribution in [1.82, 2.24) is 0 Å². The zero-order valence-electron chi connectivity index (χ0n) is 10.8. The molecule has 0 saturated carbocycles. The highest BCUT2D eigenvalue weighted by molar-refractivity contribution is 6.37. The van der Waals surface area contributed by atoms with E-state index in [1.54, 1.807) is 24.3 Å². The SMILES string of the molecule is CCC(Nc1cc(Cl)c(O)c(Cl)c1)c1ccc(F)cc1. The van der Waals surface area contributed by atoms with E-state index in [-0.39, 0.29) is 27.7 Å². The lowest BCUT2D eigenvalue weighted by Gasteiger charge is -2.19. The fourth-order valence-electron chi connectivity index (χ4n) is 1.97. The Morgan fingerprint density at radius 3 is 2.20 bits per heavy atom. The number of rotatable bonds is 4. The van der Waals surface area contributed by atoms with Crippen molar-refractivity contribution in [2.45, 2.75) is 19.4 Å². The van der Waals surface area contributed by atoms with Crippen LogP contribution in [0.2, 0.25) is 10.0 Å². The van der Waals surface area contributed by atoms with Crippen LogP contribution in [0.3, 0.4) is 0 Å². The minimum atomic E-state index is -0.265. The van der Waals surface area contributed by atoms with Gasteiger partial charge < -0.3 is 10.4 Å². The van der Waals surface area contributed by atoms with Crippen LogP contribution in [-0.4, -0.2) is 5.11 Å². The van der Waals surface area contributed by atoms with Gasteiger partial charge in [0.2, 0.25) is 0 Å². The average Bonchev–Trinajstić information content (AvgIpc) is 2.43. The van der Waals surface area contributed by atoms with Crippen LogP contribution in [0.5, 0.6) is 5.75 Å². The maximum absolute atomic E-state index is 12.9. The van der Waals surface area contributed by atoms with Crippen molar-refractivity contribution in [3.8, 4) is 5.75 Å². The number of aromatic hydroxyl groups is 1. The molecule has 0 aliphatic carbocycles. The minimum Gasteiger partial charge on any atom is -0.505 e. The van der Waals surface area contributed by atoms with E-state index >= 15 is 0 Å². The van der Waals surface area contributed by atoms with Gasteiger partial charge in [0.1, 0.15) is 5.82 Å². The summed E-state index contributed by atoms with van der Waals surface area (Å²) in [6, 6.07) is 9.55. The summed E-state index contributed by atoms with van der Waals surface area (Å²) in [5.41, 5.74) is 1.67. The molecular weight excluding hydrogens is 300 g/mol. The number of hydrogen-bond donors (Lipinski definition) is 2. The van der Waals surface area contributed by atoms with E-state index in [9.17, 15) is 9.50 Å². The summed E-state index contributed by atoms with van der Waals surface area (Å²) in [6.07, 6.45) is 0.807. The number of anilines is 1. The van der Waals surface area contributed by atoms with Crippen LogP contribution in [-0.2, 0) is 0 Å². The Hall–Kier alpha value is -1.45. The molecule has 0 fully saturated rings. The Morgan fingerprint density at radius 1 is 1.15 bits per heavy atom. The number of phenolic OH excluding ortho intramolecular Hbond substituents is 1. The number of nitrogens with one attached hydrogen (secondary N) is 1. The van der Waals surface area contributed by atoms with Gasteiger partial charge >= 0.3 is 0 Å². The van der Waals surface area contributed by atoms with Gasteiger partial charge in [-0.05, 0) is 36.2 Å². The lowest BCUT2D eigenvalue weighted by molar-refractivity contribution is 0.476. The molecule has 2 N–H and O–H groups in total. The zero-order chi connectivity index (χ0) is 14.7. The first-order valence-corrected chi connectivity index (χ1v) is 6.97. The van der Waals surface area contributed by atoms with Crippen LogP contribution >= 0.6 is 23.2 Å². The second-order valence-corrected chi connectivity index (χ2v) is 5.26. The Kier molecular flexibility index (Phi) is 4.73. The van der Waals surface area contributed by atoms with Crippen molar-refractivity contribution in [3.63, 3.8) is 0 Å². The first kappa shape index (κ1) is 14.9. The second kappa shape index (κ2) is 6.33. The molecule has 0 saturated heterocycles. The maximum Gasteiger partial charge on any atom is 0.152 e. The van der Waals surface area contributed by atoms with E-state index in [1.165, 1.54) is 12.1 Å². The number of halogens is 3. The lowest BCUT2D eigenvalue weighted by Crippen LogP contribution is -2.09. The molecule has 2 aromatic rings. The molecule has 0 spiro atoms. The van der Waals surface area contributed by atoms with Crippen LogP contribution in [0.15, 0.2) is 36.4 Å². The number of phenols is 1. The van der Waals surface area contributed by atoms with Crippen molar-refractivity contribution in [2.75, 3.05) is 5.32 Å². The number of hydrogen-bond acceptors (Lipinski definition) is 2. The third-order valence-corrected chi connectivity index (χ3v) is 3.61. The summed E-state index contributed by atoms with van der Waals surface area (Å²) in [6.45, 7) is 2.02. The number of benzene rings is 2. The highest BCUT2D eigenvalue weighted by Crippen LogP contribution is 2.36. The average molecular weight is 314 g/mol. The van der Waals surface area contributed by atoms with Gasteiger partial charge in [-0.2, -0.15) is 0 Å². The predicted molar refractivity (Wildman–Crippen MR) is 81.2 cm³/mol. The molecule has 0 aliphatic rings. The first-order chi connectivity index (χ1) is 9.51. The fourth-order valence-corrected chi connectivity index (χ4v) is 2.45. The summed E-state index contributed by atoms with van der Waals surface area (Å²) in [7, 11) is 0. The van der Waals surface area contributed by atoms with E-state index in [1.807, 2.05) is 6.92 Å². The molecule has 1 atom stereocenters. The summed E-state index contributed by atoms with van der Waals surface area (Å²) < 4.78 is 12.9. The van der Waals surface area contributed by atoms with Gasteiger partial charge in [0.15, 0.2) is 5.75 Å². The van der Waals surface area contributed by atoms with E-state index < -0.39 is 0 Å². The molecule has 5 heteroatoms. The quantitative estimate of drug-likeness (QED) is 0.740. The smallest absolute Gasteiger partial charge is 0.152 e. The zero-order valence-corrected chi connectivity index (χ0v) is 12.3. The molecular formula is C15H14Cl2FNO. The van der Waals surface area contributed by atoms with Gasteiger partial charge in [-0.15, -0.1) is 0 Å². The van der Waals surface area contributed by atoms with E-state index in [2.05, 4.69) is 5.32 Å². The third-order valence-electron chi connectivity index (χ3n) is 3.04. The van der Waals surface area contributed by atoms with Crippen molar-refractivity contribution < 1.29 is 9.50 Å². The molecule has 0 bridgehead atoms. The van der Waals surface area contributed by atoms with Gasteiger partial charge in [0, 0.05) is 5.69 Å². The molecule has 2 rings (SSSR count). The third kappa shape index (κ3) is 3.35. The second-order valence-electron chi connectivity index (χ2n) is 4.45. The fraction of sp³-hybridized carbons (Fsp3) is 0.200. The van der Waals surface area contributed by atoms with Gasteiger partial charge in [-0.25, -0.2) is 4.39 Å². The van der Waals surface area contributed by atoms with Crippen LogP contribution in [0.1, 0.15) is 24.9 Å². The molecule has 20 heavy (non-hydrogen) atoms. The predicted octanol–water partition coefficient (Wildman–Crippen LogP) is 5.40. The van der Waals surface area contributed by atoms with Gasteiger partial charge in [0.05, 0.1) is 16.1 Å². The van der Waals surface area contributed by atoms with E-state index in [0.29, 0.717) is 5.69 Å². The Balaban J connectivity index is 2.24. The Bertz CT molecular complexity index is 578. The standard InChI is InChI=1S/C15H14Cl2FNO/c1-2-14(9-3-5-10(18)6-4-9)19-11-7-12(16)15(20)13(17)8-11/h3-8,14,19-20H,2H2,1H3. The molecule has 0 amide bonds. The highest BCUT2D eigenvalue weighted by Gasteiger charge is 2.12. The van der Waals surface area contributed by atoms with Crippen molar-refractivity contribution in [2.24, 2.45) is 0 Å². The van der Waals surface area contributed by atoms with Crippen LogP contribution in [0.4, 0.5) is 10.1 Å². The van der Waals surface area contributed by atoms with Gasteiger partial charge in [-0.1, -0.05) is 42.3 Å². The first-order valence-electron chi connectivity index (χ1n) is 6.21. The molecule has 2 nitrogen and oxygen atoms in total. The summed E-state index contributed by atoms with van der Waals surface area (Å²) >= 11 is 11.8. The van der Waals surface area contributed by atoms with Crippen LogP contribution in [0, 0.1) is 5.82 Å². The summed E-state index contributed by atoms with van der Waals surface area (Å²) in [4.78, 5) is 0. The topological polar surface area (TPSA) is 32.3 Å². The van der Waals surface area contributed by atoms with Crippen molar-refractivity contribution in [3.05, 3.63) is 57.8 Å². The largest absolute Gasteiger partial charge is 0.505 e. The highest BCUT2D eigenvalue weighted by atomic mass is 35.5. The molecule has 0 heterocycles. The molecule has 106 valence electrons. The van der Waals surface area contributed by atoms with Crippen molar-refractivity contribution >= 4 is 28.9 Å². The molecule has 0 aliphatic heterocycles. The Labute approximate surface area is 127 Å². The summed E-state index contributed by atoms with van der Waals surface area (Å²) in [5.74, 6) is -0.395. The van der Waals surface area contributed by atoms with Gasteiger partial charge in [0.25, 0.3) is 0 Å². The maximum atomic E-state index is 12.9. The molecule has 1 unspecified atom stereocenters. The van der Waals surface area contributed by atoms with Crippen molar-refractivity contribution in [1.29, 1.82) is 0 Å². The van der Waals surface area contributed by atoms with E-state index in [4.69, 9.17) is 23.2 Å². The van der Waals surface area contributed by atoms with Crippen LogP contribution < -0.4 is 5.32 Å². The monoisotopic (exact) mass is 313 g/mol. The minimum absolute atomic E-state index is 0.00674. The lowest BCUT2D eigenvalue weighted by atomic mass is 10.0. The summed E-state index contributed by atoms with van der Waals surface area (Å²) in [5, 5.41) is 13.2. The normalized spacial score (nSPS) is 12.2. The molecule has 2 aromatic carbocycles. The molecule has 0 radical (unpaired) electrons.